The summed E-state index contributed by atoms with van der Waals surface area (Å²) in [5, 5.41) is 12.7. The van der Waals surface area contributed by atoms with Crippen LogP contribution in [0.4, 0.5) is 0 Å². The standard InChI is InChI=1S/C11H18N2O2/c14-6-5-13(11-3-1-2-4-11)8-10-7-12-15-9-10/h7,9,11,14H,1-6,8H2. The van der Waals surface area contributed by atoms with Gasteiger partial charge in [0.2, 0.25) is 0 Å². The summed E-state index contributed by atoms with van der Waals surface area (Å²) in [5.41, 5.74) is 1.09. The van der Waals surface area contributed by atoms with E-state index in [2.05, 4.69) is 10.1 Å². The number of nitrogens with zero attached hydrogens (tertiary/aromatic N) is 2. The van der Waals surface area contributed by atoms with Crippen molar-refractivity contribution in [1.82, 2.24) is 10.1 Å². The van der Waals surface area contributed by atoms with E-state index in [1.165, 1.54) is 25.7 Å². The first kappa shape index (κ1) is 10.6. The normalized spacial score (nSPS) is 17.7. The van der Waals surface area contributed by atoms with Crippen LogP contribution in [0.1, 0.15) is 31.2 Å². The minimum atomic E-state index is 0.224. The van der Waals surface area contributed by atoms with E-state index in [4.69, 9.17) is 9.63 Å². The molecule has 1 fully saturated rings. The van der Waals surface area contributed by atoms with Crippen molar-refractivity contribution in [2.45, 2.75) is 38.3 Å². The van der Waals surface area contributed by atoms with Gasteiger partial charge in [0.15, 0.2) is 0 Å². The fraction of sp³-hybridized carbons (Fsp3) is 0.727. The Bertz CT molecular complexity index is 268. The highest BCUT2D eigenvalue weighted by atomic mass is 16.5. The SMILES string of the molecule is OCCN(Cc1cnoc1)C1CCCC1. The summed E-state index contributed by atoms with van der Waals surface area (Å²) in [6.07, 6.45) is 8.57. The van der Waals surface area contributed by atoms with Gasteiger partial charge in [-0.2, -0.15) is 0 Å². The minimum Gasteiger partial charge on any atom is -0.395 e. The highest BCUT2D eigenvalue weighted by Crippen LogP contribution is 2.24. The third kappa shape index (κ3) is 2.79. The highest BCUT2D eigenvalue weighted by molar-refractivity contribution is 5.00. The van der Waals surface area contributed by atoms with Crippen molar-refractivity contribution in [2.75, 3.05) is 13.2 Å². The molecule has 1 N–H and O–H groups in total. The average molecular weight is 210 g/mol. The molecule has 1 aromatic heterocycles. The summed E-state index contributed by atoms with van der Waals surface area (Å²) in [4.78, 5) is 2.33. The van der Waals surface area contributed by atoms with Crippen LogP contribution >= 0.6 is 0 Å². The molecule has 0 aromatic carbocycles. The molecule has 0 aliphatic heterocycles. The Kier molecular flexibility index (Phi) is 3.75. The first-order valence-electron chi connectivity index (χ1n) is 5.63. The van der Waals surface area contributed by atoms with Crippen molar-refractivity contribution in [3.8, 4) is 0 Å². The molecular weight excluding hydrogens is 192 g/mol. The summed E-state index contributed by atoms with van der Waals surface area (Å²) >= 11 is 0. The summed E-state index contributed by atoms with van der Waals surface area (Å²) in [6.45, 7) is 1.81. The van der Waals surface area contributed by atoms with Crippen LogP contribution in [0.3, 0.4) is 0 Å². The van der Waals surface area contributed by atoms with Gasteiger partial charge in [0.25, 0.3) is 0 Å². The Balaban J connectivity index is 1.93. The van der Waals surface area contributed by atoms with Gasteiger partial charge in [-0.3, -0.25) is 4.90 Å². The lowest BCUT2D eigenvalue weighted by Gasteiger charge is -2.27. The number of hydrogen-bond donors (Lipinski definition) is 1. The maximum Gasteiger partial charge on any atom is 0.128 e. The van der Waals surface area contributed by atoms with Crippen molar-refractivity contribution in [2.24, 2.45) is 0 Å². The van der Waals surface area contributed by atoms with Gasteiger partial charge in [-0.15, -0.1) is 0 Å². The molecule has 15 heavy (non-hydrogen) atoms. The van der Waals surface area contributed by atoms with Gasteiger partial charge < -0.3 is 9.63 Å². The van der Waals surface area contributed by atoms with E-state index >= 15 is 0 Å². The van der Waals surface area contributed by atoms with Gasteiger partial charge in [0.05, 0.1) is 12.8 Å². The molecule has 0 spiro atoms. The lowest BCUT2D eigenvalue weighted by Crippen LogP contribution is -2.34. The zero-order chi connectivity index (χ0) is 10.5. The van der Waals surface area contributed by atoms with Crippen LogP contribution in [0.5, 0.6) is 0 Å². The van der Waals surface area contributed by atoms with Crippen molar-refractivity contribution in [3.05, 3.63) is 18.0 Å². The quantitative estimate of drug-likeness (QED) is 0.798. The molecule has 0 radical (unpaired) electrons. The molecule has 4 nitrogen and oxygen atoms in total. The molecule has 0 amide bonds. The Morgan fingerprint density at radius 2 is 2.27 bits per heavy atom. The van der Waals surface area contributed by atoms with Gasteiger partial charge in [0.1, 0.15) is 6.26 Å². The molecule has 1 heterocycles. The van der Waals surface area contributed by atoms with Gasteiger partial charge >= 0.3 is 0 Å². The van der Waals surface area contributed by atoms with Gasteiger partial charge in [0, 0.05) is 24.7 Å². The lowest BCUT2D eigenvalue weighted by atomic mass is 10.2. The molecule has 1 aliphatic carbocycles. The van der Waals surface area contributed by atoms with Gasteiger partial charge in [-0.25, -0.2) is 0 Å². The van der Waals surface area contributed by atoms with E-state index < -0.39 is 0 Å². The van der Waals surface area contributed by atoms with Crippen LogP contribution in [-0.2, 0) is 6.54 Å². The second kappa shape index (κ2) is 5.28. The van der Waals surface area contributed by atoms with Crippen LogP contribution in [0, 0.1) is 0 Å². The fourth-order valence-corrected chi connectivity index (χ4v) is 2.33. The van der Waals surface area contributed by atoms with Crippen molar-refractivity contribution in [1.29, 1.82) is 0 Å². The summed E-state index contributed by atoms with van der Waals surface area (Å²) in [5.74, 6) is 0. The number of aliphatic hydroxyl groups excluding tert-OH is 1. The second-order valence-electron chi connectivity index (χ2n) is 4.17. The second-order valence-corrected chi connectivity index (χ2v) is 4.17. The topological polar surface area (TPSA) is 49.5 Å². The van der Waals surface area contributed by atoms with Crippen molar-refractivity contribution < 1.29 is 9.63 Å². The van der Waals surface area contributed by atoms with Crippen LogP contribution in [0.2, 0.25) is 0 Å². The summed E-state index contributed by atoms with van der Waals surface area (Å²) < 4.78 is 4.82. The maximum atomic E-state index is 9.04. The van der Waals surface area contributed by atoms with E-state index in [1.807, 2.05) is 0 Å². The monoisotopic (exact) mass is 210 g/mol. The van der Waals surface area contributed by atoms with E-state index in [0.717, 1.165) is 18.7 Å². The summed E-state index contributed by atoms with van der Waals surface area (Å²) in [7, 11) is 0. The number of aliphatic hydroxyl groups is 1. The first-order valence-corrected chi connectivity index (χ1v) is 5.63. The zero-order valence-corrected chi connectivity index (χ0v) is 8.93. The molecule has 0 saturated heterocycles. The Hall–Kier alpha value is -0.870. The molecule has 84 valence electrons. The molecule has 1 aromatic rings. The smallest absolute Gasteiger partial charge is 0.128 e. The van der Waals surface area contributed by atoms with Crippen molar-refractivity contribution >= 4 is 0 Å². The number of hydrogen-bond acceptors (Lipinski definition) is 4. The van der Waals surface area contributed by atoms with E-state index in [9.17, 15) is 0 Å². The van der Waals surface area contributed by atoms with Crippen LogP contribution in [0.15, 0.2) is 17.0 Å². The minimum absolute atomic E-state index is 0.224. The summed E-state index contributed by atoms with van der Waals surface area (Å²) in [6, 6.07) is 0.632. The highest BCUT2D eigenvalue weighted by Gasteiger charge is 2.22. The number of aromatic nitrogens is 1. The zero-order valence-electron chi connectivity index (χ0n) is 8.93. The molecule has 4 heteroatoms. The third-order valence-electron chi connectivity index (χ3n) is 3.10. The van der Waals surface area contributed by atoms with E-state index in [-0.39, 0.29) is 6.61 Å². The molecule has 0 bridgehead atoms. The lowest BCUT2D eigenvalue weighted by molar-refractivity contribution is 0.144. The predicted molar refractivity (Wildman–Crippen MR) is 56.3 cm³/mol. The molecule has 2 rings (SSSR count). The van der Waals surface area contributed by atoms with Crippen LogP contribution < -0.4 is 0 Å². The van der Waals surface area contributed by atoms with Crippen LogP contribution in [0.25, 0.3) is 0 Å². The van der Waals surface area contributed by atoms with Gasteiger partial charge in [-0.05, 0) is 12.8 Å². The fourth-order valence-electron chi connectivity index (χ4n) is 2.33. The average Bonchev–Trinajstić information content (AvgIpc) is 2.89. The Labute approximate surface area is 89.9 Å². The third-order valence-corrected chi connectivity index (χ3v) is 3.10. The number of rotatable bonds is 5. The molecule has 1 aliphatic rings. The van der Waals surface area contributed by atoms with E-state index in [0.29, 0.717) is 6.04 Å². The molecule has 0 atom stereocenters. The van der Waals surface area contributed by atoms with Crippen LogP contribution in [-0.4, -0.2) is 34.4 Å². The van der Waals surface area contributed by atoms with E-state index in [1.54, 1.807) is 12.5 Å². The van der Waals surface area contributed by atoms with Crippen molar-refractivity contribution in [3.63, 3.8) is 0 Å². The first-order chi connectivity index (χ1) is 7.40. The molecule has 1 saturated carbocycles. The largest absolute Gasteiger partial charge is 0.395 e. The van der Waals surface area contributed by atoms with Gasteiger partial charge in [-0.1, -0.05) is 18.0 Å². The predicted octanol–water partition coefficient (Wildman–Crippen LogP) is 1.41. The Morgan fingerprint density at radius 3 is 2.87 bits per heavy atom. The Morgan fingerprint density at radius 1 is 1.47 bits per heavy atom. The molecular formula is C11H18N2O2. The molecule has 0 unspecified atom stereocenters. The maximum absolute atomic E-state index is 9.04.